The first-order chi connectivity index (χ1) is 6.58. The van der Waals surface area contributed by atoms with Crippen LogP contribution in [0.15, 0.2) is 0 Å². The molecule has 14 heavy (non-hydrogen) atoms. The van der Waals surface area contributed by atoms with E-state index in [2.05, 4.69) is 12.2 Å². The van der Waals surface area contributed by atoms with Gasteiger partial charge in [0.2, 0.25) is 0 Å². The Bertz CT molecular complexity index is 168. The molecule has 0 bridgehead atoms. The van der Waals surface area contributed by atoms with E-state index in [1.807, 2.05) is 0 Å². The molecule has 1 fully saturated rings. The number of aliphatic hydroxyl groups is 1. The van der Waals surface area contributed by atoms with Gasteiger partial charge in [-0.15, -0.1) is 0 Å². The van der Waals surface area contributed by atoms with Gasteiger partial charge in [0, 0.05) is 19.2 Å². The number of nitrogens with two attached hydrogens (primary N) is 1. The van der Waals surface area contributed by atoms with Crippen molar-refractivity contribution in [3.05, 3.63) is 0 Å². The van der Waals surface area contributed by atoms with Gasteiger partial charge < -0.3 is 20.9 Å². The van der Waals surface area contributed by atoms with Crippen LogP contribution in [0, 0.1) is 0 Å². The molecule has 0 aromatic rings. The third kappa shape index (κ3) is 3.20. The largest absolute Gasteiger partial charge is 0.393 e. The Kier molecular flexibility index (Phi) is 4.31. The lowest BCUT2D eigenvalue weighted by atomic mass is 9.96. The molecule has 0 amide bonds. The van der Waals surface area contributed by atoms with Crippen molar-refractivity contribution in [2.24, 2.45) is 5.73 Å². The Morgan fingerprint density at radius 2 is 2.29 bits per heavy atom. The summed E-state index contributed by atoms with van der Waals surface area (Å²) in [5.74, 6) is 0. The maximum absolute atomic E-state index is 9.25. The number of ether oxygens (including phenoxy) is 1. The summed E-state index contributed by atoms with van der Waals surface area (Å²) in [7, 11) is 0. The number of nitrogens with one attached hydrogen (secondary N) is 1. The lowest BCUT2D eigenvalue weighted by Gasteiger charge is -2.31. The monoisotopic (exact) mass is 202 g/mol. The standard InChI is InChI=1S/C10H22N2O2/c1-8(5-9(2)13)12-10(6-11)3-4-14-7-10/h8-9,12-13H,3-7,11H2,1-2H3. The fourth-order valence-corrected chi connectivity index (χ4v) is 2.03. The highest BCUT2D eigenvalue weighted by atomic mass is 16.5. The van der Waals surface area contributed by atoms with Crippen LogP contribution in [-0.2, 0) is 4.74 Å². The van der Waals surface area contributed by atoms with Crippen molar-refractivity contribution in [2.75, 3.05) is 19.8 Å². The molecule has 0 aromatic heterocycles. The van der Waals surface area contributed by atoms with Gasteiger partial charge in [0.25, 0.3) is 0 Å². The van der Waals surface area contributed by atoms with Gasteiger partial charge in [0.15, 0.2) is 0 Å². The number of rotatable bonds is 5. The van der Waals surface area contributed by atoms with E-state index in [9.17, 15) is 5.11 Å². The molecule has 1 saturated heterocycles. The molecule has 0 aromatic carbocycles. The second-order valence-corrected chi connectivity index (χ2v) is 4.42. The van der Waals surface area contributed by atoms with Crippen LogP contribution in [0.25, 0.3) is 0 Å². The third-order valence-corrected chi connectivity index (χ3v) is 2.74. The number of hydrogen-bond donors (Lipinski definition) is 3. The van der Waals surface area contributed by atoms with E-state index in [-0.39, 0.29) is 17.7 Å². The lowest BCUT2D eigenvalue weighted by molar-refractivity contribution is 0.142. The average Bonchev–Trinajstić information content (AvgIpc) is 2.52. The van der Waals surface area contributed by atoms with Crippen LogP contribution >= 0.6 is 0 Å². The van der Waals surface area contributed by atoms with Crippen molar-refractivity contribution >= 4 is 0 Å². The summed E-state index contributed by atoms with van der Waals surface area (Å²) in [6, 6.07) is 0.278. The van der Waals surface area contributed by atoms with E-state index in [0.29, 0.717) is 13.2 Å². The van der Waals surface area contributed by atoms with Crippen molar-refractivity contribution < 1.29 is 9.84 Å². The van der Waals surface area contributed by atoms with E-state index in [0.717, 1.165) is 19.4 Å². The highest BCUT2D eigenvalue weighted by molar-refractivity contribution is 4.94. The molecular formula is C10H22N2O2. The molecule has 4 N–H and O–H groups in total. The molecule has 1 aliphatic heterocycles. The molecule has 0 spiro atoms. The van der Waals surface area contributed by atoms with Crippen molar-refractivity contribution in [1.82, 2.24) is 5.32 Å². The van der Waals surface area contributed by atoms with Crippen LogP contribution < -0.4 is 11.1 Å². The SMILES string of the molecule is CC(O)CC(C)NC1(CN)CCOC1. The zero-order valence-corrected chi connectivity index (χ0v) is 9.12. The third-order valence-electron chi connectivity index (χ3n) is 2.74. The fourth-order valence-electron chi connectivity index (χ4n) is 2.03. The fraction of sp³-hybridized carbons (Fsp3) is 1.00. The Labute approximate surface area is 85.8 Å². The van der Waals surface area contributed by atoms with Gasteiger partial charge in [-0.25, -0.2) is 0 Å². The van der Waals surface area contributed by atoms with Crippen molar-refractivity contribution in [1.29, 1.82) is 0 Å². The maximum Gasteiger partial charge on any atom is 0.0661 e. The minimum absolute atomic E-state index is 0.0612. The Balaban J connectivity index is 2.39. The van der Waals surface area contributed by atoms with Crippen molar-refractivity contribution in [2.45, 2.75) is 44.4 Å². The summed E-state index contributed by atoms with van der Waals surface area (Å²) in [4.78, 5) is 0. The van der Waals surface area contributed by atoms with Crippen LogP contribution in [0.2, 0.25) is 0 Å². The Morgan fingerprint density at radius 3 is 2.71 bits per heavy atom. The Morgan fingerprint density at radius 1 is 1.57 bits per heavy atom. The zero-order valence-electron chi connectivity index (χ0n) is 9.12. The van der Waals surface area contributed by atoms with Gasteiger partial charge in [-0.2, -0.15) is 0 Å². The first kappa shape index (κ1) is 11.9. The van der Waals surface area contributed by atoms with Gasteiger partial charge in [-0.3, -0.25) is 0 Å². The van der Waals surface area contributed by atoms with E-state index >= 15 is 0 Å². The predicted molar refractivity (Wildman–Crippen MR) is 56.1 cm³/mol. The summed E-state index contributed by atoms with van der Waals surface area (Å²) in [5.41, 5.74) is 5.68. The molecule has 0 saturated carbocycles. The van der Waals surface area contributed by atoms with Gasteiger partial charge >= 0.3 is 0 Å². The summed E-state index contributed by atoms with van der Waals surface area (Å²) in [5, 5.41) is 12.7. The molecule has 0 radical (unpaired) electrons. The topological polar surface area (TPSA) is 67.5 Å². The maximum atomic E-state index is 9.25. The molecule has 1 rings (SSSR count). The second kappa shape index (κ2) is 5.07. The first-order valence-corrected chi connectivity index (χ1v) is 5.31. The van der Waals surface area contributed by atoms with E-state index in [1.165, 1.54) is 0 Å². The summed E-state index contributed by atoms with van der Waals surface area (Å²) >= 11 is 0. The molecule has 84 valence electrons. The molecule has 3 atom stereocenters. The highest BCUT2D eigenvalue weighted by Crippen LogP contribution is 2.18. The molecule has 3 unspecified atom stereocenters. The highest BCUT2D eigenvalue weighted by Gasteiger charge is 2.34. The van der Waals surface area contributed by atoms with Crippen LogP contribution in [0.4, 0.5) is 0 Å². The Hall–Kier alpha value is -0.160. The molecule has 4 heteroatoms. The molecule has 1 heterocycles. The minimum atomic E-state index is -0.269. The van der Waals surface area contributed by atoms with Gasteiger partial charge in [-0.1, -0.05) is 0 Å². The smallest absolute Gasteiger partial charge is 0.0661 e. The van der Waals surface area contributed by atoms with Crippen LogP contribution in [0.3, 0.4) is 0 Å². The molecular weight excluding hydrogens is 180 g/mol. The van der Waals surface area contributed by atoms with Crippen LogP contribution in [0.1, 0.15) is 26.7 Å². The summed E-state index contributed by atoms with van der Waals surface area (Å²) in [6.07, 6.45) is 1.45. The van der Waals surface area contributed by atoms with Gasteiger partial charge in [0.05, 0.1) is 18.2 Å². The molecule has 1 aliphatic rings. The zero-order chi connectivity index (χ0) is 10.6. The van der Waals surface area contributed by atoms with Crippen LogP contribution in [-0.4, -0.2) is 42.5 Å². The molecule has 4 nitrogen and oxygen atoms in total. The van der Waals surface area contributed by atoms with E-state index in [1.54, 1.807) is 6.92 Å². The van der Waals surface area contributed by atoms with Gasteiger partial charge in [0.1, 0.15) is 0 Å². The summed E-state index contributed by atoms with van der Waals surface area (Å²) in [6.45, 7) is 5.94. The van der Waals surface area contributed by atoms with Crippen LogP contribution in [0.5, 0.6) is 0 Å². The number of aliphatic hydroxyl groups excluding tert-OH is 1. The molecule has 0 aliphatic carbocycles. The van der Waals surface area contributed by atoms with E-state index < -0.39 is 0 Å². The quantitative estimate of drug-likeness (QED) is 0.580. The second-order valence-electron chi connectivity index (χ2n) is 4.42. The average molecular weight is 202 g/mol. The normalized spacial score (nSPS) is 31.7. The lowest BCUT2D eigenvalue weighted by Crippen LogP contribution is -2.55. The van der Waals surface area contributed by atoms with Gasteiger partial charge in [-0.05, 0) is 26.7 Å². The van der Waals surface area contributed by atoms with Crippen molar-refractivity contribution in [3.8, 4) is 0 Å². The minimum Gasteiger partial charge on any atom is -0.393 e. The number of hydrogen-bond acceptors (Lipinski definition) is 4. The summed E-state index contributed by atoms with van der Waals surface area (Å²) < 4.78 is 5.35. The predicted octanol–water partition coefficient (Wildman–Crippen LogP) is -0.147. The van der Waals surface area contributed by atoms with E-state index in [4.69, 9.17) is 10.5 Å². The first-order valence-electron chi connectivity index (χ1n) is 5.31. The van der Waals surface area contributed by atoms with Crippen molar-refractivity contribution in [3.63, 3.8) is 0 Å².